The van der Waals surface area contributed by atoms with E-state index in [9.17, 15) is 17.6 Å². The highest BCUT2D eigenvalue weighted by Crippen LogP contribution is 2.34. The van der Waals surface area contributed by atoms with Crippen molar-refractivity contribution in [2.24, 2.45) is 0 Å². The number of methoxy groups -OCH3 is 1. The van der Waals surface area contributed by atoms with E-state index in [2.05, 4.69) is 0 Å². The molecular formula is C20H21ClFNO4S. The first kappa shape index (κ1) is 20.8. The van der Waals surface area contributed by atoms with E-state index in [1.165, 1.54) is 23.5 Å². The predicted molar refractivity (Wildman–Crippen MR) is 104 cm³/mol. The average molecular weight is 426 g/mol. The van der Waals surface area contributed by atoms with E-state index in [0.717, 1.165) is 29.7 Å². The van der Waals surface area contributed by atoms with Crippen molar-refractivity contribution < 1.29 is 22.3 Å². The van der Waals surface area contributed by atoms with Gasteiger partial charge in [0.05, 0.1) is 18.4 Å². The van der Waals surface area contributed by atoms with Crippen molar-refractivity contribution in [3.8, 4) is 0 Å². The number of sulfonamides is 1. The predicted octanol–water partition coefficient (Wildman–Crippen LogP) is 3.76. The number of carbonyl (C=O) groups is 1. The van der Waals surface area contributed by atoms with Gasteiger partial charge in [-0.2, -0.15) is 4.31 Å². The molecule has 1 heterocycles. The van der Waals surface area contributed by atoms with Crippen molar-refractivity contribution in [1.82, 2.24) is 4.31 Å². The maximum Gasteiger partial charge on any atom is 0.309 e. The maximum atomic E-state index is 13.1. The third-order valence-electron chi connectivity index (χ3n) is 4.91. The molecule has 0 bridgehead atoms. The van der Waals surface area contributed by atoms with Gasteiger partial charge in [0.15, 0.2) is 0 Å². The molecule has 8 heteroatoms. The third-order valence-corrected chi connectivity index (χ3v) is 7.14. The van der Waals surface area contributed by atoms with Crippen LogP contribution < -0.4 is 0 Å². The first-order valence-electron chi connectivity index (χ1n) is 8.92. The number of rotatable bonds is 5. The van der Waals surface area contributed by atoms with Gasteiger partial charge < -0.3 is 4.74 Å². The minimum absolute atomic E-state index is 0.0695. The van der Waals surface area contributed by atoms with E-state index in [-0.39, 0.29) is 29.7 Å². The molecule has 3 rings (SSSR count). The molecular weight excluding hydrogens is 405 g/mol. The Kier molecular flexibility index (Phi) is 6.37. The fourth-order valence-corrected chi connectivity index (χ4v) is 5.22. The standard InChI is InChI=1S/C20H21ClFNO4S/c1-27-20(24)12-14-4-9-19(21)18(11-14)15-3-2-10-23(13-15)28(25,26)17-7-5-16(22)6-8-17/h4-9,11,15H,2-3,10,12-13H2,1H3. The molecule has 2 aromatic rings. The molecule has 0 saturated carbocycles. The van der Waals surface area contributed by atoms with Crippen molar-refractivity contribution in [3.05, 3.63) is 64.4 Å². The molecule has 1 saturated heterocycles. The lowest BCUT2D eigenvalue weighted by Crippen LogP contribution is -2.39. The Bertz CT molecular complexity index is 963. The highest BCUT2D eigenvalue weighted by atomic mass is 35.5. The van der Waals surface area contributed by atoms with E-state index in [1.807, 2.05) is 6.07 Å². The summed E-state index contributed by atoms with van der Waals surface area (Å²) in [5.41, 5.74) is 1.59. The zero-order chi connectivity index (χ0) is 20.3. The van der Waals surface area contributed by atoms with Gasteiger partial charge in [-0.1, -0.05) is 23.7 Å². The fraction of sp³-hybridized carbons (Fsp3) is 0.350. The molecule has 1 aliphatic rings. The van der Waals surface area contributed by atoms with Crippen molar-refractivity contribution in [2.45, 2.75) is 30.1 Å². The monoisotopic (exact) mass is 425 g/mol. The van der Waals surface area contributed by atoms with Gasteiger partial charge in [0.25, 0.3) is 0 Å². The van der Waals surface area contributed by atoms with Crippen LogP contribution in [0.25, 0.3) is 0 Å². The summed E-state index contributed by atoms with van der Waals surface area (Å²) in [4.78, 5) is 11.6. The summed E-state index contributed by atoms with van der Waals surface area (Å²) in [6.07, 6.45) is 1.60. The summed E-state index contributed by atoms with van der Waals surface area (Å²) in [6, 6.07) is 10.2. The molecule has 1 aliphatic heterocycles. The van der Waals surface area contributed by atoms with Crippen LogP contribution in [0, 0.1) is 5.82 Å². The second kappa shape index (κ2) is 8.59. The van der Waals surface area contributed by atoms with Gasteiger partial charge in [-0.25, -0.2) is 12.8 Å². The summed E-state index contributed by atoms with van der Waals surface area (Å²) in [5, 5.41) is 0.541. The molecule has 2 aromatic carbocycles. The van der Waals surface area contributed by atoms with Crippen LogP contribution in [0.4, 0.5) is 4.39 Å². The van der Waals surface area contributed by atoms with Crippen LogP contribution in [0.2, 0.25) is 5.02 Å². The highest BCUT2D eigenvalue weighted by molar-refractivity contribution is 7.89. The molecule has 28 heavy (non-hydrogen) atoms. The van der Waals surface area contributed by atoms with Crippen molar-refractivity contribution in [3.63, 3.8) is 0 Å². The number of hydrogen-bond donors (Lipinski definition) is 0. The minimum Gasteiger partial charge on any atom is -0.469 e. The molecule has 1 fully saturated rings. The molecule has 0 aromatic heterocycles. The zero-order valence-corrected chi connectivity index (χ0v) is 17.0. The van der Waals surface area contributed by atoms with Crippen LogP contribution >= 0.6 is 11.6 Å². The molecule has 1 atom stereocenters. The Morgan fingerprint density at radius 2 is 1.96 bits per heavy atom. The minimum atomic E-state index is -3.72. The maximum absolute atomic E-state index is 13.1. The SMILES string of the molecule is COC(=O)Cc1ccc(Cl)c(C2CCCN(S(=O)(=O)c3ccc(F)cc3)C2)c1. The quantitative estimate of drug-likeness (QED) is 0.684. The lowest BCUT2D eigenvalue weighted by Gasteiger charge is -2.32. The van der Waals surface area contributed by atoms with Gasteiger partial charge >= 0.3 is 5.97 Å². The van der Waals surface area contributed by atoms with Gasteiger partial charge in [-0.15, -0.1) is 0 Å². The van der Waals surface area contributed by atoms with E-state index < -0.39 is 15.8 Å². The summed E-state index contributed by atoms with van der Waals surface area (Å²) < 4.78 is 45.1. The summed E-state index contributed by atoms with van der Waals surface area (Å²) >= 11 is 6.37. The van der Waals surface area contributed by atoms with Crippen LogP contribution in [-0.2, 0) is 26.0 Å². The Labute approximate surface area is 169 Å². The normalized spacial score (nSPS) is 18.0. The van der Waals surface area contributed by atoms with Gasteiger partial charge in [0, 0.05) is 18.1 Å². The van der Waals surface area contributed by atoms with Crippen LogP contribution in [-0.4, -0.2) is 38.9 Å². The smallest absolute Gasteiger partial charge is 0.309 e. The summed E-state index contributed by atoms with van der Waals surface area (Å²) in [6.45, 7) is 0.677. The summed E-state index contributed by atoms with van der Waals surface area (Å²) in [5.74, 6) is -0.920. The first-order valence-corrected chi connectivity index (χ1v) is 10.7. The molecule has 5 nitrogen and oxygen atoms in total. The molecule has 0 radical (unpaired) electrons. The van der Waals surface area contributed by atoms with Crippen molar-refractivity contribution >= 4 is 27.6 Å². The number of esters is 1. The van der Waals surface area contributed by atoms with E-state index in [4.69, 9.17) is 16.3 Å². The third kappa shape index (κ3) is 4.54. The lowest BCUT2D eigenvalue weighted by atomic mass is 9.90. The second-order valence-corrected chi connectivity index (χ2v) is 9.11. The number of hydrogen-bond acceptors (Lipinski definition) is 4. The number of benzene rings is 2. The average Bonchev–Trinajstić information content (AvgIpc) is 2.69. The Hall–Kier alpha value is -1.96. The largest absolute Gasteiger partial charge is 0.469 e. The van der Waals surface area contributed by atoms with Crippen LogP contribution in [0.1, 0.15) is 29.9 Å². The zero-order valence-electron chi connectivity index (χ0n) is 15.4. The molecule has 150 valence electrons. The van der Waals surface area contributed by atoms with Crippen LogP contribution in [0.15, 0.2) is 47.4 Å². The molecule has 0 aliphatic carbocycles. The fourth-order valence-electron chi connectivity index (χ4n) is 3.43. The number of piperidine rings is 1. The lowest BCUT2D eigenvalue weighted by molar-refractivity contribution is -0.139. The van der Waals surface area contributed by atoms with Gasteiger partial charge in [0.2, 0.25) is 10.0 Å². The molecule has 0 N–H and O–H groups in total. The van der Waals surface area contributed by atoms with E-state index in [0.29, 0.717) is 18.0 Å². The number of ether oxygens (including phenoxy) is 1. The van der Waals surface area contributed by atoms with Crippen molar-refractivity contribution in [1.29, 1.82) is 0 Å². The van der Waals surface area contributed by atoms with Crippen molar-refractivity contribution in [2.75, 3.05) is 20.2 Å². The number of halogens is 2. The van der Waals surface area contributed by atoms with Gasteiger partial charge in [0.1, 0.15) is 5.82 Å². The Morgan fingerprint density at radius 3 is 2.64 bits per heavy atom. The Morgan fingerprint density at radius 1 is 1.25 bits per heavy atom. The number of carbonyl (C=O) groups excluding carboxylic acids is 1. The molecule has 0 spiro atoms. The topological polar surface area (TPSA) is 63.7 Å². The highest BCUT2D eigenvalue weighted by Gasteiger charge is 2.31. The first-order chi connectivity index (χ1) is 13.3. The van der Waals surface area contributed by atoms with Gasteiger partial charge in [-0.3, -0.25) is 4.79 Å². The van der Waals surface area contributed by atoms with E-state index in [1.54, 1.807) is 12.1 Å². The van der Waals surface area contributed by atoms with Gasteiger partial charge in [-0.05, 0) is 60.2 Å². The Balaban J connectivity index is 1.84. The van der Waals surface area contributed by atoms with Crippen LogP contribution in [0.3, 0.4) is 0 Å². The van der Waals surface area contributed by atoms with E-state index >= 15 is 0 Å². The molecule has 1 unspecified atom stereocenters. The number of nitrogens with zero attached hydrogens (tertiary/aromatic N) is 1. The van der Waals surface area contributed by atoms with Crippen LogP contribution in [0.5, 0.6) is 0 Å². The second-order valence-electron chi connectivity index (χ2n) is 6.76. The molecule has 0 amide bonds. The summed E-state index contributed by atoms with van der Waals surface area (Å²) in [7, 11) is -2.38.